The number of hydrogen-bond acceptors (Lipinski definition) is 4. The number of hydrogen-bond donors (Lipinski definition) is 1. The number of nitrogens with zero attached hydrogens (tertiary/aromatic N) is 3. The molecule has 1 aromatic heterocycles. The van der Waals surface area contributed by atoms with Gasteiger partial charge < -0.3 is 5.32 Å². The summed E-state index contributed by atoms with van der Waals surface area (Å²) in [6.45, 7) is 6.49. The summed E-state index contributed by atoms with van der Waals surface area (Å²) in [5.74, 6) is 1.54. The van der Waals surface area contributed by atoms with Gasteiger partial charge in [0, 0.05) is 17.7 Å². The van der Waals surface area contributed by atoms with Gasteiger partial charge in [-0.15, -0.1) is 0 Å². The largest absolute Gasteiger partial charge is 0.328 e. The minimum Gasteiger partial charge on any atom is -0.328 e. The van der Waals surface area contributed by atoms with Crippen molar-refractivity contribution >= 4 is 11.7 Å². The number of benzene rings is 2. The van der Waals surface area contributed by atoms with Crippen molar-refractivity contribution in [3.63, 3.8) is 0 Å². The average Bonchev–Trinajstić information content (AvgIpc) is 3.20. The van der Waals surface area contributed by atoms with Gasteiger partial charge >= 0.3 is 0 Å². The van der Waals surface area contributed by atoms with Crippen LogP contribution >= 0.6 is 0 Å². The lowest BCUT2D eigenvalue weighted by Gasteiger charge is -2.35. The van der Waals surface area contributed by atoms with E-state index in [1.54, 1.807) is 6.33 Å². The molecule has 2 aliphatic rings. The Bertz CT molecular complexity index is 1140. The topological polar surface area (TPSA) is 59.8 Å². The Morgan fingerprint density at radius 3 is 2.57 bits per heavy atom. The van der Waals surface area contributed by atoms with E-state index in [9.17, 15) is 4.79 Å². The molecule has 30 heavy (non-hydrogen) atoms. The minimum absolute atomic E-state index is 0.184. The molecule has 0 radical (unpaired) electrons. The smallest absolute Gasteiger partial charge is 0.226 e. The van der Waals surface area contributed by atoms with Crippen molar-refractivity contribution in [1.29, 1.82) is 0 Å². The number of carbonyl (C=O) groups excluding carboxylic acids is 1. The molecular weight excluding hydrogens is 372 g/mol. The van der Waals surface area contributed by atoms with E-state index >= 15 is 0 Å². The second kappa shape index (κ2) is 7.24. The molecule has 1 aliphatic carbocycles. The van der Waals surface area contributed by atoms with E-state index in [1.807, 2.05) is 10.7 Å². The highest BCUT2D eigenvalue weighted by Gasteiger charge is 2.39. The molecule has 5 heteroatoms. The van der Waals surface area contributed by atoms with Crippen LogP contribution in [-0.2, 0) is 4.79 Å². The Hall–Kier alpha value is -3.21. The molecule has 0 spiro atoms. The van der Waals surface area contributed by atoms with Crippen LogP contribution in [0.2, 0.25) is 0 Å². The lowest BCUT2D eigenvalue weighted by atomic mass is 9.77. The summed E-state index contributed by atoms with van der Waals surface area (Å²) in [6, 6.07) is 16.7. The summed E-state index contributed by atoms with van der Waals surface area (Å²) in [4.78, 5) is 17.9. The third kappa shape index (κ3) is 3.05. The summed E-state index contributed by atoms with van der Waals surface area (Å²) in [6.07, 6.45) is 2.88. The predicted molar refractivity (Wildman–Crippen MR) is 118 cm³/mol. The van der Waals surface area contributed by atoms with Gasteiger partial charge in [-0.3, -0.25) is 4.79 Å². The number of ketones is 1. The number of nitrogens with one attached hydrogen (secondary N) is 1. The van der Waals surface area contributed by atoms with Crippen LogP contribution in [-0.4, -0.2) is 20.5 Å². The second-order valence-electron chi connectivity index (χ2n) is 8.65. The predicted octanol–water partition coefficient (Wildman–Crippen LogP) is 5.13. The first-order chi connectivity index (χ1) is 14.5. The second-order valence-corrected chi connectivity index (χ2v) is 8.65. The summed E-state index contributed by atoms with van der Waals surface area (Å²) in [5.41, 5.74) is 6.66. The van der Waals surface area contributed by atoms with Gasteiger partial charge in [0.2, 0.25) is 5.95 Å². The lowest BCUT2D eigenvalue weighted by Crippen LogP contribution is -2.33. The molecule has 0 fully saturated rings. The summed E-state index contributed by atoms with van der Waals surface area (Å²) < 4.78 is 1.84. The SMILES string of the molecule is Cc1ccccc1C1CC(=O)C2=C(C1)Nc1ncnn1C2c1ccc(C(C)C)cc1. The fourth-order valence-corrected chi connectivity index (χ4v) is 4.79. The van der Waals surface area contributed by atoms with Crippen molar-refractivity contribution in [3.05, 3.63) is 88.4 Å². The molecule has 0 bridgehead atoms. The molecule has 1 N–H and O–H groups in total. The zero-order chi connectivity index (χ0) is 20.8. The first-order valence-electron chi connectivity index (χ1n) is 10.6. The number of Topliss-reactive ketones (excluding diaryl/α,β-unsaturated/α-hetero) is 1. The molecule has 5 rings (SSSR count). The first kappa shape index (κ1) is 18.8. The van der Waals surface area contributed by atoms with Crippen molar-refractivity contribution in [2.45, 2.75) is 51.5 Å². The fraction of sp³-hybridized carbons (Fsp3) is 0.320. The minimum atomic E-state index is -0.231. The normalized spacial score (nSPS) is 20.7. The monoisotopic (exact) mass is 398 g/mol. The number of allylic oxidation sites excluding steroid dienone is 2. The zero-order valence-electron chi connectivity index (χ0n) is 17.6. The lowest BCUT2D eigenvalue weighted by molar-refractivity contribution is -0.116. The van der Waals surface area contributed by atoms with Crippen molar-refractivity contribution in [2.24, 2.45) is 0 Å². The number of anilines is 1. The van der Waals surface area contributed by atoms with E-state index in [1.165, 1.54) is 16.7 Å². The number of rotatable bonds is 3. The third-order valence-corrected chi connectivity index (χ3v) is 6.41. The van der Waals surface area contributed by atoms with Gasteiger partial charge in [-0.2, -0.15) is 10.1 Å². The molecule has 152 valence electrons. The Kier molecular flexibility index (Phi) is 4.54. The van der Waals surface area contributed by atoms with Gasteiger partial charge in [-0.25, -0.2) is 4.68 Å². The Balaban J connectivity index is 1.58. The van der Waals surface area contributed by atoms with E-state index in [-0.39, 0.29) is 17.7 Å². The van der Waals surface area contributed by atoms with E-state index < -0.39 is 0 Å². The van der Waals surface area contributed by atoms with Crippen LogP contribution in [0.25, 0.3) is 0 Å². The third-order valence-electron chi connectivity index (χ3n) is 6.41. The Morgan fingerprint density at radius 1 is 1.07 bits per heavy atom. The van der Waals surface area contributed by atoms with Gasteiger partial charge in [-0.1, -0.05) is 62.4 Å². The van der Waals surface area contributed by atoms with Crippen molar-refractivity contribution in [3.8, 4) is 0 Å². The highest BCUT2D eigenvalue weighted by Crippen LogP contribution is 2.44. The van der Waals surface area contributed by atoms with Crippen LogP contribution < -0.4 is 5.32 Å². The number of aromatic nitrogens is 3. The molecule has 5 nitrogen and oxygen atoms in total. The molecular formula is C25H26N4O. The van der Waals surface area contributed by atoms with Crippen molar-refractivity contribution < 1.29 is 4.79 Å². The molecule has 2 unspecified atom stereocenters. The molecule has 0 saturated heterocycles. The molecule has 0 saturated carbocycles. The summed E-state index contributed by atoms with van der Waals surface area (Å²) in [7, 11) is 0. The maximum Gasteiger partial charge on any atom is 0.226 e. The van der Waals surface area contributed by atoms with E-state index in [4.69, 9.17) is 0 Å². The van der Waals surface area contributed by atoms with Crippen LogP contribution in [0.5, 0.6) is 0 Å². The van der Waals surface area contributed by atoms with Gasteiger partial charge in [0.15, 0.2) is 5.78 Å². The summed E-state index contributed by atoms with van der Waals surface area (Å²) in [5, 5.41) is 7.85. The molecule has 0 amide bonds. The number of carbonyl (C=O) groups is 1. The Labute approximate surface area is 176 Å². The van der Waals surface area contributed by atoms with E-state index in [2.05, 4.69) is 78.6 Å². The van der Waals surface area contributed by atoms with Crippen molar-refractivity contribution in [1.82, 2.24) is 14.8 Å². The number of fused-ring (bicyclic) bond motifs is 1. The number of aryl methyl sites for hydroxylation is 1. The maximum absolute atomic E-state index is 13.5. The standard InChI is InChI=1S/C25H26N4O/c1-15(2)17-8-10-18(11-9-17)24-23-21(28-25-26-14-27-29(24)25)12-19(13-22(23)30)20-7-5-4-6-16(20)3/h4-11,14-15,19,24H,12-13H2,1-3H3,(H,26,27,28). The van der Waals surface area contributed by atoms with Crippen LogP contribution in [0, 0.1) is 6.92 Å². The van der Waals surface area contributed by atoms with E-state index in [0.717, 1.165) is 23.3 Å². The van der Waals surface area contributed by atoms with Crippen LogP contribution in [0.1, 0.15) is 66.8 Å². The molecule has 2 aromatic carbocycles. The van der Waals surface area contributed by atoms with Gasteiger partial charge in [-0.05, 0) is 47.4 Å². The fourth-order valence-electron chi connectivity index (χ4n) is 4.79. The van der Waals surface area contributed by atoms with Gasteiger partial charge in [0.05, 0.1) is 0 Å². The molecule has 3 aromatic rings. The van der Waals surface area contributed by atoms with Crippen LogP contribution in [0.15, 0.2) is 66.1 Å². The van der Waals surface area contributed by atoms with E-state index in [0.29, 0.717) is 18.3 Å². The molecule has 2 heterocycles. The zero-order valence-corrected chi connectivity index (χ0v) is 17.6. The summed E-state index contributed by atoms with van der Waals surface area (Å²) >= 11 is 0. The van der Waals surface area contributed by atoms with Crippen LogP contribution in [0.3, 0.4) is 0 Å². The highest BCUT2D eigenvalue weighted by atomic mass is 16.1. The first-order valence-corrected chi connectivity index (χ1v) is 10.6. The average molecular weight is 399 g/mol. The quantitative estimate of drug-likeness (QED) is 0.665. The Morgan fingerprint density at radius 2 is 1.83 bits per heavy atom. The van der Waals surface area contributed by atoms with Gasteiger partial charge in [0.1, 0.15) is 12.4 Å². The molecule has 2 atom stereocenters. The van der Waals surface area contributed by atoms with Crippen molar-refractivity contribution in [2.75, 3.05) is 5.32 Å². The highest BCUT2D eigenvalue weighted by molar-refractivity contribution is 6.00. The molecule has 1 aliphatic heterocycles. The maximum atomic E-state index is 13.5. The van der Waals surface area contributed by atoms with Gasteiger partial charge in [0.25, 0.3) is 0 Å². The van der Waals surface area contributed by atoms with Crippen LogP contribution in [0.4, 0.5) is 5.95 Å².